The van der Waals surface area contributed by atoms with Crippen molar-refractivity contribution in [3.8, 4) is 0 Å². The van der Waals surface area contributed by atoms with Crippen LogP contribution in [0.4, 0.5) is 0 Å². The van der Waals surface area contributed by atoms with Crippen molar-refractivity contribution < 1.29 is 0 Å². The monoisotopic (exact) mass is 181 g/mol. The predicted octanol–water partition coefficient (Wildman–Crippen LogP) is 3.12. The first-order chi connectivity index (χ1) is 6.24. The lowest BCUT2D eigenvalue weighted by molar-refractivity contribution is 0.424. The molecule has 1 unspecified atom stereocenters. The fourth-order valence-corrected chi connectivity index (χ4v) is 2.28. The molecule has 1 aliphatic carbocycles. The lowest BCUT2D eigenvalue weighted by Crippen LogP contribution is -2.31. The zero-order chi connectivity index (χ0) is 9.68. The maximum atomic E-state index is 4.05. The third-order valence-electron chi connectivity index (χ3n) is 3.09. The minimum absolute atomic E-state index is 0.563. The van der Waals surface area contributed by atoms with Crippen molar-refractivity contribution in [3.05, 3.63) is 12.2 Å². The summed E-state index contributed by atoms with van der Waals surface area (Å²) in [6, 6.07) is 0.563. The first-order valence-electron chi connectivity index (χ1n) is 5.62. The molecule has 1 aliphatic rings. The van der Waals surface area contributed by atoms with Gasteiger partial charge in [0.2, 0.25) is 0 Å². The molecule has 0 amide bonds. The lowest BCUT2D eigenvalue weighted by Gasteiger charge is -2.21. The van der Waals surface area contributed by atoms with Crippen LogP contribution in [0.2, 0.25) is 0 Å². The van der Waals surface area contributed by atoms with Crippen LogP contribution in [0.25, 0.3) is 0 Å². The van der Waals surface area contributed by atoms with Gasteiger partial charge in [-0.15, -0.1) is 0 Å². The maximum Gasteiger partial charge on any atom is 0.0276 e. The van der Waals surface area contributed by atoms with E-state index in [0.717, 1.165) is 12.5 Å². The van der Waals surface area contributed by atoms with E-state index in [9.17, 15) is 0 Å². The molecule has 0 radical (unpaired) electrons. The smallest absolute Gasteiger partial charge is 0.0276 e. The molecule has 1 nitrogen and oxygen atoms in total. The van der Waals surface area contributed by atoms with Gasteiger partial charge in [-0.2, -0.15) is 0 Å². The Morgan fingerprint density at radius 2 is 2.08 bits per heavy atom. The minimum atomic E-state index is 0.563. The van der Waals surface area contributed by atoms with Crippen molar-refractivity contribution in [2.24, 2.45) is 5.92 Å². The third kappa shape index (κ3) is 3.51. The topological polar surface area (TPSA) is 12.0 Å². The second-order valence-electron chi connectivity index (χ2n) is 4.34. The summed E-state index contributed by atoms with van der Waals surface area (Å²) in [7, 11) is 0. The molecule has 1 N–H and O–H groups in total. The Morgan fingerprint density at radius 3 is 2.54 bits per heavy atom. The molecule has 0 saturated heterocycles. The Balaban J connectivity index is 2.32. The summed E-state index contributed by atoms with van der Waals surface area (Å²) in [5.41, 5.74) is 1.30. The molecular formula is C12H23N. The highest BCUT2D eigenvalue weighted by Gasteiger charge is 2.19. The summed E-state index contributed by atoms with van der Waals surface area (Å²) in [4.78, 5) is 0. The Kier molecular flexibility index (Phi) is 4.51. The highest BCUT2D eigenvalue weighted by atomic mass is 14.9. The van der Waals surface area contributed by atoms with Crippen LogP contribution in [0.3, 0.4) is 0 Å². The fourth-order valence-electron chi connectivity index (χ4n) is 2.28. The minimum Gasteiger partial charge on any atom is -0.311 e. The molecule has 0 spiro atoms. The maximum absolute atomic E-state index is 4.05. The van der Waals surface area contributed by atoms with E-state index in [-0.39, 0.29) is 0 Å². The molecule has 0 aromatic heterocycles. The van der Waals surface area contributed by atoms with E-state index >= 15 is 0 Å². The zero-order valence-electron chi connectivity index (χ0n) is 9.10. The van der Waals surface area contributed by atoms with Gasteiger partial charge in [0.25, 0.3) is 0 Å². The Bertz CT molecular complexity index is 157. The van der Waals surface area contributed by atoms with Gasteiger partial charge in [-0.25, -0.2) is 0 Å². The highest BCUT2D eigenvalue weighted by Crippen LogP contribution is 2.29. The summed E-state index contributed by atoms with van der Waals surface area (Å²) in [6.45, 7) is 9.43. The first-order valence-corrected chi connectivity index (χ1v) is 5.62. The van der Waals surface area contributed by atoms with E-state index in [1.54, 1.807) is 0 Å². The molecule has 1 atom stereocenters. The van der Waals surface area contributed by atoms with Gasteiger partial charge in [-0.05, 0) is 25.8 Å². The molecule has 0 aliphatic heterocycles. The van der Waals surface area contributed by atoms with E-state index < -0.39 is 0 Å². The zero-order valence-corrected chi connectivity index (χ0v) is 9.10. The van der Waals surface area contributed by atoms with Gasteiger partial charge in [-0.3, -0.25) is 0 Å². The average molecular weight is 181 g/mol. The standard InChI is InChI=1S/C12H23N/c1-4-13-12(10(2)3)9-11-7-5-6-8-11/h11-13H,2,4-9H2,1,3H3. The summed E-state index contributed by atoms with van der Waals surface area (Å²) in [6.07, 6.45) is 7.08. The van der Waals surface area contributed by atoms with Gasteiger partial charge in [-0.1, -0.05) is 44.8 Å². The van der Waals surface area contributed by atoms with Crippen molar-refractivity contribution in [1.29, 1.82) is 0 Å². The summed E-state index contributed by atoms with van der Waals surface area (Å²) >= 11 is 0. The molecule has 1 fully saturated rings. The SMILES string of the molecule is C=C(C)C(CC1CCCC1)NCC. The van der Waals surface area contributed by atoms with Crippen LogP contribution in [0.15, 0.2) is 12.2 Å². The van der Waals surface area contributed by atoms with Crippen molar-refractivity contribution >= 4 is 0 Å². The van der Waals surface area contributed by atoms with Gasteiger partial charge in [0.1, 0.15) is 0 Å². The second kappa shape index (κ2) is 5.43. The molecule has 1 heteroatoms. The van der Waals surface area contributed by atoms with Crippen LogP contribution in [0.1, 0.15) is 46.0 Å². The molecule has 1 rings (SSSR count). The summed E-state index contributed by atoms with van der Waals surface area (Å²) in [5, 5.41) is 3.51. The number of hydrogen-bond donors (Lipinski definition) is 1. The molecule has 0 bridgehead atoms. The van der Waals surface area contributed by atoms with Gasteiger partial charge in [0.05, 0.1) is 0 Å². The van der Waals surface area contributed by atoms with Crippen molar-refractivity contribution in [2.45, 2.75) is 52.0 Å². The van der Waals surface area contributed by atoms with Crippen LogP contribution < -0.4 is 5.32 Å². The van der Waals surface area contributed by atoms with Gasteiger partial charge in [0, 0.05) is 6.04 Å². The number of nitrogens with one attached hydrogen (secondary N) is 1. The molecule has 76 valence electrons. The molecule has 0 aromatic rings. The van der Waals surface area contributed by atoms with E-state index in [2.05, 4.69) is 25.7 Å². The van der Waals surface area contributed by atoms with E-state index in [4.69, 9.17) is 0 Å². The van der Waals surface area contributed by atoms with Crippen LogP contribution in [0.5, 0.6) is 0 Å². The average Bonchev–Trinajstić information content (AvgIpc) is 2.56. The van der Waals surface area contributed by atoms with Gasteiger partial charge >= 0.3 is 0 Å². The van der Waals surface area contributed by atoms with Gasteiger partial charge in [0.15, 0.2) is 0 Å². The van der Waals surface area contributed by atoms with Crippen LogP contribution in [0, 0.1) is 5.92 Å². The summed E-state index contributed by atoms with van der Waals surface area (Å²) in [5.74, 6) is 0.959. The van der Waals surface area contributed by atoms with Crippen LogP contribution in [-0.2, 0) is 0 Å². The second-order valence-corrected chi connectivity index (χ2v) is 4.34. The normalized spacial score (nSPS) is 20.5. The lowest BCUT2D eigenvalue weighted by atomic mass is 9.95. The number of rotatable bonds is 5. The third-order valence-corrected chi connectivity index (χ3v) is 3.09. The van der Waals surface area contributed by atoms with Crippen molar-refractivity contribution in [3.63, 3.8) is 0 Å². The molecule has 0 aromatic carbocycles. The van der Waals surface area contributed by atoms with E-state index in [1.165, 1.54) is 37.7 Å². The predicted molar refractivity (Wildman–Crippen MR) is 58.9 cm³/mol. The van der Waals surface area contributed by atoms with E-state index in [0.29, 0.717) is 6.04 Å². The number of likely N-dealkylation sites (N-methyl/N-ethyl adjacent to an activating group) is 1. The molecule has 0 heterocycles. The molecular weight excluding hydrogens is 158 g/mol. The highest BCUT2D eigenvalue weighted by molar-refractivity contribution is 5.02. The van der Waals surface area contributed by atoms with E-state index in [1.807, 2.05) is 0 Å². The van der Waals surface area contributed by atoms with Crippen LogP contribution in [-0.4, -0.2) is 12.6 Å². The first kappa shape index (κ1) is 10.8. The van der Waals surface area contributed by atoms with Crippen LogP contribution >= 0.6 is 0 Å². The largest absolute Gasteiger partial charge is 0.311 e. The van der Waals surface area contributed by atoms with Crippen molar-refractivity contribution in [1.82, 2.24) is 5.32 Å². The number of hydrogen-bond acceptors (Lipinski definition) is 1. The van der Waals surface area contributed by atoms with Crippen molar-refractivity contribution in [2.75, 3.05) is 6.54 Å². The molecule has 1 saturated carbocycles. The fraction of sp³-hybridized carbons (Fsp3) is 0.833. The Hall–Kier alpha value is -0.300. The quantitative estimate of drug-likeness (QED) is 0.643. The molecule has 13 heavy (non-hydrogen) atoms. The van der Waals surface area contributed by atoms with Gasteiger partial charge < -0.3 is 5.32 Å². The Morgan fingerprint density at radius 1 is 1.46 bits per heavy atom. The Labute approximate surface area is 82.6 Å². The summed E-state index contributed by atoms with van der Waals surface area (Å²) < 4.78 is 0.